The Hall–Kier alpha value is 0.193. The van der Waals surface area contributed by atoms with Gasteiger partial charge in [0.2, 0.25) is 0 Å². The first-order valence-corrected chi connectivity index (χ1v) is 6.90. The molecule has 0 saturated heterocycles. The molecule has 118 valence electrons. The Labute approximate surface area is 232 Å². The topological polar surface area (TPSA) is 83.5 Å². The van der Waals surface area contributed by atoms with Gasteiger partial charge in [0.25, 0.3) is 0 Å². The summed E-state index contributed by atoms with van der Waals surface area (Å²) in [5.74, 6) is -3.09. The Morgan fingerprint density at radius 1 is 0.800 bits per heavy atom. The SMILES string of the molecule is CN(C)c1ccc(/C=C/c2ccc(C(=O)[O-])c(C(=O)[O-])c2)cc1.[K+].[K+]. The van der Waals surface area contributed by atoms with Gasteiger partial charge < -0.3 is 24.7 Å². The van der Waals surface area contributed by atoms with Crippen LogP contribution in [0.3, 0.4) is 0 Å². The predicted molar refractivity (Wildman–Crippen MR) is 84.8 cm³/mol. The van der Waals surface area contributed by atoms with E-state index in [-0.39, 0.29) is 103 Å². The molecule has 0 fully saturated rings. The zero-order chi connectivity index (χ0) is 17.0. The summed E-state index contributed by atoms with van der Waals surface area (Å²) in [7, 11) is 3.90. The minimum Gasteiger partial charge on any atom is -0.545 e. The van der Waals surface area contributed by atoms with E-state index >= 15 is 0 Å². The quantitative estimate of drug-likeness (QED) is 0.378. The molecule has 0 N–H and O–H groups in total. The standard InChI is InChI=1S/C18H17NO4.2K/c1-19(2)14-8-5-12(6-9-14)3-4-13-7-10-15(17(20)21)16(11-13)18(22)23;;/h3-11H,1-2H3,(H,20,21)(H,22,23);;/q;2*+1/p-2/b4-3+;;. The predicted octanol–water partition coefficient (Wildman–Crippen LogP) is -5.34. The van der Waals surface area contributed by atoms with Crippen LogP contribution in [0.1, 0.15) is 31.8 Å². The number of carboxylic acids is 2. The zero-order valence-corrected chi connectivity index (χ0v) is 21.0. The van der Waals surface area contributed by atoms with Crippen LogP contribution in [0.4, 0.5) is 5.69 Å². The van der Waals surface area contributed by atoms with Gasteiger partial charge in [-0.3, -0.25) is 0 Å². The number of carboxylic acid groups (broad SMARTS) is 2. The maximum Gasteiger partial charge on any atom is 1.00 e. The van der Waals surface area contributed by atoms with Crippen LogP contribution < -0.4 is 118 Å². The molecule has 0 atom stereocenters. The van der Waals surface area contributed by atoms with E-state index in [1.165, 1.54) is 18.2 Å². The molecule has 25 heavy (non-hydrogen) atoms. The maximum absolute atomic E-state index is 11.0. The monoisotopic (exact) mass is 387 g/mol. The van der Waals surface area contributed by atoms with Crippen LogP contribution in [0.25, 0.3) is 12.2 Å². The molecule has 0 heterocycles. The molecule has 0 aliphatic heterocycles. The number of hydrogen-bond donors (Lipinski definition) is 0. The van der Waals surface area contributed by atoms with Gasteiger partial charge in [-0.15, -0.1) is 0 Å². The van der Waals surface area contributed by atoms with Gasteiger partial charge in [0.1, 0.15) is 0 Å². The minimum absolute atomic E-state index is 0. The minimum atomic E-state index is -1.55. The summed E-state index contributed by atoms with van der Waals surface area (Å²) in [4.78, 5) is 23.9. The fraction of sp³-hybridized carbons (Fsp3) is 0.111. The number of carbonyl (C=O) groups excluding carboxylic acids is 2. The van der Waals surface area contributed by atoms with E-state index in [1.807, 2.05) is 49.3 Å². The number of anilines is 1. The number of nitrogens with zero attached hydrogens (tertiary/aromatic N) is 1. The largest absolute Gasteiger partial charge is 1.00 e. The van der Waals surface area contributed by atoms with E-state index in [0.717, 1.165) is 11.3 Å². The number of benzene rings is 2. The second-order valence-corrected chi connectivity index (χ2v) is 5.20. The summed E-state index contributed by atoms with van der Waals surface area (Å²) in [5, 5.41) is 21.9. The van der Waals surface area contributed by atoms with Crippen molar-refractivity contribution >= 4 is 29.8 Å². The van der Waals surface area contributed by atoms with Gasteiger partial charge >= 0.3 is 103 Å². The summed E-state index contributed by atoms with van der Waals surface area (Å²) in [6, 6.07) is 11.8. The normalized spacial score (nSPS) is 9.84. The van der Waals surface area contributed by atoms with Crippen LogP contribution in [0.5, 0.6) is 0 Å². The molecule has 0 saturated carbocycles. The first-order chi connectivity index (χ1) is 10.9. The average molecular weight is 388 g/mol. The van der Waals surface area contributed by atoms with E-state index < -0.39 is 23.1 Å². The number of carbonyl (C=O) groups is 2. The molecule has 0 spiro atoms. The smallest absolute Gasteiger partial charge is 0.545 e. The third-order valence-electron chi connectivity index (χ3n) is 3.36. The fourth-order valence-electron chi connectivity index (χ4n) is 2.09. The van der Waals surface area contributed by atoms with Crippen molar-refractivity contribution in [1.29, 1.82) is 0 Å². The number of hydrogen-bond acceptors (Lipinski definition) is 5. The van der Waals surface area contributed by atoms with Crippen molar-refractivity contribution in [1.82, 2.24) is 0 Å². The summed E-state index contributed by atoms with van der Waals surface area (Å²) in [6.07, 6.45) is 3.52. The van der Waals surface area contributed by atoms with Crippen molar-refractivity contribution in [2.24, 2.45) is 0 Å². The summed E-state index contributed by atoms with van der Waals surface area (Å²) in [6.45, 7) is 0. The van der Waals surface area contributed by atoms with Gasteiger partial charge in [0, 0.05) is 30.9 Å². The summed E-state index contributed by atoms with van der Waals surface area (Å²) < 4.78 is 0. The molecule has 2 rings (SSSR count). The molecule has 7 heteroatoms. The van der Waals surface area contributed by atoms with Crippen LogP contribution in [-0.4, -0.2) is 26.0 Å². The number of rotatable bonds is 5. The molecule has 0 aromatic heterocycles. The molecule has 0 radical (unpaired) electrons. The Kier molecular flexibility index (Phi) is 11.9. The van der Waals surface area contributed by atoms with Crippen molar-refractivity contribution in [2.75, 3.05) is 19.0 Å². The molecule has 0 bridgehead atoms. The summed E-state index contributed by atoms with van der Waals surface area (Å²) >= 11 is 0. The van der Waals surface area contributed by atoms with Gasteiger partial charge in [-0.1, -0.05) is 36.4 Å². The van der Waals surface area contributed by atoms with Crippen LogP contribution in [0, 0.1) is 0 Å². The van der Waals surface area contributed by atoms with Crippen LogP contribution >= 0.6 is 0 Å². The first kappa shape index (κ1) is 25.2. The van der Waals surface area contributed by atoms with E-state index in [4.69, 9.17) is 0 Å². The fourth-order valence-corrected chi connectivity index (χ4v) is 2.09. The van der Waals surface area contributed by atoms with Crippen molar-refractivity contribution in [3.05, 3.63) is 64.7 Å². The molecule has 0 amide bonds. The Morgan fingerprint density at radius 2 is 1.28 bits per heavy atom. The van der Waals surface area contributed by atoms with Gasteiger partial charge in [0.05, 0.1) is 11.9 Å². The third-order valence-corrected chi connectivity index (χ3v) is 3.36. The first-order valence-electron chi connectivity index (χ1n) is 6.90. The van der Waals surface area contributed by atoms with E-state index in [0.29, 0.717) is 5.56 Å². The molecule has 2 aromatic rings. The van der Waals surface area contributed by atoms with Crippen molar-refractivity contribution in [3.8, 4) is 0 Å². The molecule has 0 aliphatic carbocycles. The van der Waals surface area contributed by atoms with Crippen LogP contribution in [-0.2, 0) is 0 Å². The Balaban J connectivity index is 0.00000288. The van der Waals surface area contributed by atoms with Crippen LogP contribution in [0.15, 0.2) is 42.5 Å². The third kappa shape index (κ3) is 7.38. The van der Waals surface area contributed by atoms with E-state index in [9.17, 15) is 19.8 Å². The van der Waals surface area contributed by atoms with Gasteiger partial charge in [0.15, 0.2) is 0 Å². The summed E-state index contributed by atoms with van der Waals surface area (Å²) in [5.41, 5.74) is 1.78. The van der Waals surface area contributed by atoms with Gasteiger partial charge in [-0.05, 0) is 29.3 Å². The molecule has 5 nitrogen and oxygen atoms in total. The molecular weight excluding hydrogens is 372 g/mol. The van der Waals surface area contributed by atoms with E-state index in [1.54, 1.807) is 6.08 Å². The maximum atomic E-state index is 11.0. The number of aromatic carboxylic acids is 2. The average Bonchev–Trinajstić information content (AvgIpc) is 2.52. The van der Waals surface area contributed by atoms with Crippen LogP contribution in [0.2, 0.25) is 0 Å². The second kappa shape index (κ2) is 11.8. The van der Waals surface area contributed by atoms with Crippen molar-refractivity contribution < 1.29 is 123 Å². The van der Waals surface area contributed by atoms with Crippen molar-refractivity contribution in [3.63, 3.8) is 0 Å². The molecule has 2 aromatic carbocycles. The van der Waals surface area contributed by atoms with Gasteiger partial charge in [-0.2, -0.15) is 0 Å². The molecule has 0 aliphatic rings. The van der Waals surface area contributed by atoms with E-state index in [2.05, 4.69) is 0 Å². The second-order valence-electron chi connectivity index (χ2n) is 5.20. The Morgan fingerprint density at radius 3 is 1.76 bits per heavy atom. The molecule has 0 unspecified atom stereocenters. The zero-order valence-electron chi connectivity index (χ0n) is 14.8. The van der Waals surface area contributed by atoms with Gasteiger partial charge in [-0.25, -0.2) is 0 Å². The van der Waals surface area contributed by atoms with Crippen molar-refractivity contribution in [2.45, 2.75) is 0 Å². The Bertz CT molecular complexity index is 771. The molecular formula is C18H15K2NO4.